The van der Waals surface area contributed by atoms with Crippen molar-refractivity contribution in [2.75, 3.05) is 20.1 Å². The van der Waals surface area contributed by atoms with Gasteiger partial charge in [0.2, 0.25) is 0 Å². The fraction of sp³-hybridized carbons (Fsp3) is 1.00. The van der Waals surface area contributed by atoms with Gasteiger partial charge < -0.3 is 5.32 Å². The number of nitrogens with zero attached hydrogens (tertiary/aromatic N) is 1. The van der Waals surface area contributed by atoms with Crippen LogP contribution in [0, 0.1) is 0 Å². The zero-order chi connectivity index (χ0) is 10.8. The molecule has 0 aromatic heterocycles. The molecule has 1 atom stereocenters. The standard InChI is InChI=1S/C12H26N2/c1-6-11(2,3)14(5)10-12(4)8-7-9-13-12/h13H,6-10H2,1-5H3. The highest BCUT2D eigenvalue weighted by atomic mass is 15.2. The van der Waals surface area contributed by atoms with Crippen molar-refractivity contribution in [3.63, 3.8) is 0 Å². The van der Waals surface area contributed by atoms with E-state index in [2.05, 4.69) is 45.0 Å². The third-order valence-corrected chi connectivity index (χ3v) is 3.94. The summed E-state index contributed by atoms with van der Waals surface area (Å²) in [4.78, 5) is 2.49. The van der Waals surface area contributed by atoms with Crippen molar-refractivity contribution < 1.29 is 0 Å². The minimum atomic E-state index is 0.327. The van der Waals surface area contributed by atoms with E-state index in [9.17, 15) is 0 Å². The van der Waals surface area contributed by atoms with Crippen LogP contribution in [-0.2, 0) is 0 Å². The third kappa shape index (κ3) is 2.71. The van der Waals surface area contributed by atoms with Gasteiger partial charge in [-0.1, -0.05) is 6.92 Å². The Morgan fingerprint density at radius 3 is 2.50 bits per heavy atom. The lowest BCUT2D eigenvalue weighted by Crippen LogP contribution is -2.52. The molecule has 2 nitrogen and oxygen atoms in total. The van der Waals surface area contributed by atoms with Crippen molar-refractivity contribution in [1.82, 2.24) is 10.2 Å². The van der Waals surface area contributed by atoms with Crippen LogP contribution in [0.4, 0.5) is 0 Å². The average molecular weight is 198 g/mol. The highest BCUT2D eigenvalue weighted by Gasteiger charge is 2.32. The molecule has 0 aliphatic carbocycles. The molecule has 1 aliphatic heterocycles. The average Bonchev–Trinajstić information content (AvgIpc) is 2.52. The summed E-state index contributed by atoms with van der Waals surface area (Å²) in [5, 5.41) is 3.62. The van der Waals surface area contributed by atoms with E-state index in [0.717, 1.165) is 6.54 Å². The second kappa shape index (κ2) is 4.19. The molecule has 0 aromatic rings. The van der Waals surface area contributed by atoms with Crippen molar-refractivity contribution in [3.05, 3.63) is 0 Å². The maximum atomic E-state index is 3.62. The largest absolute Gasteiger partial charge is 0.310 e. The molecule has 1 N–H and O–H groups in total. The van der Waals surface area contributed by atoms with Crippen LogP contribution >= 0.6 is 0 Å². The van der Waals surface area contributed by atoms with Gasteiger partial charge in [-0.2, -0.15) is 0 Å². The number of hydrogen-bond donors (Lipinski definition) is 1. The highest BCUT2D eigenvalue weighted by Crippen LogP contribution is 2.24. The molecule has 1 saturated heterocycles. The summed E-state index contributed by atoms with van der Waals surface area (Å²) < 4.78 is 0. The van der Waals surface area contributed by atoms with Crippen molar-refractivity contribution >= 4 is 0 Å². The molecule has 1 heterocycles. The Kier molecular flexibility index (Phi) is 3.59. The second-order valence-corrected chi connectivity index (χ2v) is 5.61. The third-order valence-electron chi connectivity index (χ3n) is 3.94. The molecular weight excluding hydrogens is 172 g/mol. The van der Waals surface area contributed by atoms with Crippen molar-refractivity contribution in [2.24, 2.45) is 0 Å². The Morgan fingerprint density at radius 2 is 2.07 bits per heavy atom. The maximum Gasteiger partial charge on any atom is 0.0280 e. The Bertz CT molecular complexity index is 181. The van der Waals surface area contributed by atoms with Crippen LogP contribution in [0.5, 0.6) is 0 Å². The van der Waals surface area contributed by atoms with Gasteiger partial charge in [0.25, 0.3) is 0 Å². The highest BCUT2D eigenvalue weighted by molar-refractivity contribution is 4.93. The molecule has 1 unspecified atom stereocenters. The molecule has 84 valence electrons. The lowest BCUT2D eigenvalue weighted by Gasteiger charge is -2.40. The predicted octanol–water partition coefficient (Wildman–Crippen LogP) is 2.25. The zero-order valence-corrected chi connectivity index (χ0v) is 10.5. The zero-order valence-electron chi connectivity index (χ0n) is 10.5. The first-order chi connectivity index (χ1) is 6.40. The first-order valence-electron chi connectivity index (χ1n) is 5.86. The molecule has 1 rings (SSSR count). The Labute approximate surface area is 89.1 Å². The van der Waals surface area contributed by atoms with Gasteiger partial charge in [-0.3, -0.25) is 4.90 Å². The summed E-state index contributed by atoms with van der Waals surface area (Å²) in [7, 11) is 2.24. The van der Waals surface area contributed by atoms with E-state index < -0.39 is 0 Å². The molecule has 0 bridgehead atoms. The summed E-state index contributed by atoms with van der Waals surface area (Å²) in [6.07, 6.45) is 3.85. The number of nitrogens with one attached hydrogen (secondary N) is 1. The van der Waals surface area contributed by atoms with E-state index >= 15 is 0 Å². The van der Waals surface area contributed by atoms with Crippen molar-refractivity contribution in [2.45, 2.75) is 58.0 Å². The van der Waals surface area contributed by atoms with E-state index in [1.54, 1.807) is 0 Å². The summed E-state index contributed by atoms with van der Waals surface area (Å²) in [5.41, 5.74) is 0.675. The maximum absolute atomic E-state index is 3.62. The van der Waals surface area contributed by atoms with Gasteiger partial charge in [-0.25, -0.2) is 0 Å². The minimum Gasteiger partial charge on any atom is -0.310 e. The molecule has 0 amide bonds. The summed E-state index contributed by atoms with van der Waals surface area (Å²) in [5.74, 6) is 0. The van der Waals surface area contributed by atoms with Crippen LogP contribution < -0.4 is 5.32 Å². The lowest BCUT2D eigenvalue weighted by atomic mass is 9.94. The molecule has 0 spiro atoms. The van der Waals surface area contributed by atoms with Crippen LogP contribution in [-0.4, -0.2) is 36.1 Å². The van der Waals surface area contributed by atoms with Crippen LogP contribution in [0.1, 0.15) is 47.0 Å². The number of likely N-dealkylation sites (N-methyl/N-ethyl adjacent to an activating group) is 1. The molecule has 1 fully saturated rings. The minimum absolute atomic E-state index is 0.327. The summed E-state index contributed by atoms with van der Waals surface area (Å²) in [6.45, 7) is 11.6. The van der Waals surface area contributed by atoms with E-state index in [1.807, 2.05) is 0 Å². The molecule has 1 aliphatic rings. The fourth-order valence-corrected chi connectivity index (χ4v) is 2.10. The number of rotatable bonds is 4. The van der Waals surface area contributed by atoms with Crippen LogP contribution in [0.3, 0.4) is 0 Å². The van der Waals surface area contributed by atoms with E-state index in [1.165, 1.54) is 25.8 Å². The first-order valence-corrected chi connectivity index (χ1v) is 5.86. The van der Waals surface area contributed by atoms with E-state index in [4.69, 9.17) is 0 Å². The second-order valence-electron chi connectivity index (χ2n) is 5.61. The summed E-state index contributed by atoms with van der Waals surface area (Å²) >= 11 is 0. The van der Waals surface area contributed by atoms with E-state index in [-0.39, 0.29) is 0 Å². The van der Waals surface area contributed by atoms with Gasteiger partial charge in [0.05, 0.1) is 0 Å². The van der Waals surface area contributed by atoms with Gasteiger partial charge >= 0.3 is 0 Å². The molecular formula is C12H26N2. The summed E-state index contributed by atoms with van der Waals surface area (Å²) in [6, 6.07) is 0. The molecule has 0 aromatic carbocycles. The van der Waals surface area contributed by atoms with Gasteiger partial charge in [0.15, 0.2) is 0 Å². The van der Waals surface area contributed by atoms with Gasteiger partial charge in [0.1, 0.15) is 0 Å². The van der Waals surface area contributed by atoms with Gasteiger partial charge in [0, 0.05) is 17.6 Å². The topological polar surface area (TPSA) is 15.3 Å². The normalized spacial score (nSPS) is 28.7. The predicted molar refractivity (Wildman–Crippen MR) is 62.6 cm³/mol. The molecule has 0 saturated carbocycles. The molecule has 14 heavy (non-hydrogen) atoms. The first kappa shape index (κ1) is 12.0. The lowest BCUT2D eigenvalue weighted by molar-refractivity contribution is 0.114. The van der Waals surface area contributed by atoms with Crippen LogP contribution in [0.2, 0.25) is 0 Å². The quantitative estimate of drug-likeness (QED) is 0.745. The van der Waals surface area contributed by atoms with Crippen LogP contribution in [0.25, 0.3) is 0 Å². The van der Waals surface area contributed by atoms with Crippen molar-refractivity contribution in [1.29, 1.82) is 0 Å². The fourth-order valence-electron chi connectivity index (χ4n) is 2.10. The monoisotopic (exact) mass is 198 g/mol. The van der Waals surface area contributed by atoms with Crippen molar-refractivity contribution in [3.8, 4) is 0 Å². The molecule has 2 heteroatoms. The van der Waals surface area contributed by atoms with Gasteiger partial charge in [-0.15, -0.1) is 0 Å². The SMILES string of the molecule is CCC(C)(C)N(C)CC1(C)CCCN1. The Morgan fingerprint density at radius 1 is 1.43 bits per heavy atom. The Balaban J connectivity index is 2.51. The smallest absolute Gasteiger partial charge is 0.0280 e. The van der Waals surface area contributed by atoms with E-state index in [0.29, 0.717) is 11.1 Å². The van der Waals surface area contributed by atoms with Gasteiger partial charge in [-0.05, 0) is 53.6 Å². The van der Waals surface area contributed by atoms with Crippen LogP contribution in [0.15, 0.2) is 0 Å². The molecule has 0 radical (unpaired) electrons. The Hall–Kier alpha value is -0.0800. The number of hydrogen-bond acceptors (Lipinski definition) is 2.